The SMILES string of the molecule is O=C(Cn1cnc2ccccc2c1=O)NCC(=O)Nc1ccc(-n2cccn2)cc1. The zero-order valence-electron chi connectivity index (χ0n) is 15.9. The Hall–Kier alpha value is -4.27. The van der Waals surface area contributed by atoms with Crippen molar-refractivity contribution in [1.29, 1.82) is 0 Å². The fourth-order valence-corrected chi connectivity index (χ4v) is 2.93. The predicted octanol–water partition coefficient (Wildman–Crippen LogP) is 1.34. The number of amides is 2. The Kier molecular flexibility index (Phi) is 5.33. The van der Waals surface area contributed by atoms with Gasteiger partial charge in [0, 0.05) is 18.1 Å². The van der Waals surface area contributed by atoms with E-state index in [1.807, 2.05) is 24.4 Å². The number of nitrogens with one attached hydrogen (secondary N) is 2. The van der Waals surface area contributed by atoms with Crippen molar-refractivity contribution < 1.29 is 9.59 Å². The van der Waals surface area contributed by atoms with Gasteiger partial charge >= 0.3 is 0 Å². The Bertz CT molecular complexity index is 1250. The van der Waals surface area contributed by atoms with Crippen molar-refractivity contribution in [2.24, 2.45) is 0 Å². The van der Waals surface area contributed by atoms with Gasteiger partial charge in [-0.05, 0) is 42.5 Å². The molecule has 2 heterocycles. The lowest BCUT2D eigenvalue weighted by atomic mass is 10.2. The standard InChI is InChI=1S/C21H18N6O3/c28-19(25-15-6-8-16(9-7-15)27-11-3-10-24-27)12-22-20(29)13-26-14-23-18-5-2-1-4-17(18)21(26)30/h1-11,14H,12-13H2,(H,22,29)(H,25,28). The molecule has 0 aliphatic carbocycles. The molecule has 0 aliphatic heterocycles. The van der Waals surface area contributed by atoms with Crippen molar-refractivity contribution in [3.05, 3.63) is 83.7 Å². The highest BCUT2D eigenvalue weighted by molar-refractivity contribution is 5.94. The summed E-state index contributed by atoms with van der Waals surface area (Å²) in [4.78, 5) is 40.8. The van der Waals surface area contributed by atoms with Gasteiger partial charge in [-0.25, -0.2) is 9.67 Å². The van der Waals surface area contributed by atoms with Gasteiger partial charge in [0.1, 0.15) is 6.54 Å². The summed E-state index contributed by atoms with van der Waals surface area (Å²) < 4.78 is 2.92. The van der Waals surface area contributed by atoms with Gasteiger partial charge in [-0.2, -0.15) is 5.10 Å². The largest absolute Gasteiger partial charge is 0.345 e. The number of carbonyl (C=O) groups is 2. The second-order valence-corrected chi connectivity index (χ2v) is 6.52. The van der Waals surface area contributed by atoms with E-state index in [1.165, 1.54) is 10.9 Å². The van der Waals surface area contributed by atoms with Crippen LogP contribution in [0.5, 0.6) is 0 Å². The van der Waals surface area contributed by atoms with E-state index in [2.05, 4.69) is 20.7 Å². The number of nitrogens with zero attached hydrogens (tertiary/aromatic N) is 4. The normalized spacial score (nSPS) is 10.7. The van der Waals surface area contributed by atoms with E-state index in [1.54, 1.807) is 47.3 Å². The summed E-state index contributed by atoms with van der Waals surface area (Å²) in [5.74, 6) is -0.836. The third kappa shape index (κ3) is 4.25. The monoisotopic (exact) mass is 402 g/mol. The second kappa shape index (κ2) is 8.39. The fourth-order valence-electron chi connectivity index (χ4n) is 2.93. The zero-order chi connectivity index (χ0) is 20.9. The average Bonchev–Trinajstić information content (AvgIpc) is 3.30. The molecule has 4 rings (SSSR count). The van der Waals surface area contributed by atoms with Gasteiger partial charge in [-0.1, -0.05) is 12.1 Å². The smallest absolute Gasteiger partial charge is 0.261 e. The number of rotatable bonds is 6. The highest BCUT2D eigenvalue weighted by atomic mass is 16.2. The maximum Gasteiger partial charge on any atom is 0.261 e. The topological polar surface area (TPSA) is 111 Å². The van der Waals surface area contributed by atoms with Crippen LogP contribution in [-0.2, 0) is 16.1 Å². The number of para-hydroxylation sites is 1. The first-order valence-corrected chi connectivity index (χ1v) is 9.21. The van der Waals surface area contributed by atoms with Crippen LogP contribution in [0.25, 0.3) is 16.6 Å². The molecule has 2 N–H and O–H groups in total. The van der Waals surface area contributed by atoms with Crippen LogP contribution in [0.2, 0.25) is 0 Å². The number of fused-ring (bicyclic) bond motifs is 1. The van der Waals surface area contributed by atoms with Crippen molar-refractivity contribution >= 4 is 28.4 Å². The van der Waals surface area contributed by atoms with Crippen LogP contribution in [0.4, 0.5) is 5.69 Å². The van der Waals surface area contributed by atoms with Gasteiger partial charge in [0.05, 0.1) is 29.5 Å². The van der Waals surface area contributed by atoms with E-state index in [9.17, 15) is 14.4 Å². The number of anilines is 1. The fraction of sp³-hybridized carbons (Fsp3) is 0.0952. The van der Waals surface area contributed by atoms with E-state index < -0.39 is 5.91 Å². The quantitative estimate of drug-likeness (QED) is 0.506. The van der Waals surface area contributed by atoms with E-state index >= 15 is 0 Å². The zero-order valence-corrected chi connectivity index (χ0v) is 15.9. The Morgan fingerprint density at radius 2 is 1.77 bits per heavy atom. The molecule has 0 unspecified atom stereocenters. The van der Waals surface area contributed by atoms with Gasteiger partial charge < -0.3 is 10.6 Å². The van der Waals surface area contributed by atoms with Crippen molar-refractivity contribution in [2.45, 2.75) is 6.54 Å². The van der Waals surface area contributed by atoms with Crippen LogP contribution in [0.3, 0.4) is 0 Å². The number of aromatic nitrogens is 4. The van der Waals surface area contributed by atoms with Crippen molar-refractivity contribution in [3.8, 4) is 5.69 Å². The summed E-state index contributed by atoms with van der Waals surface area (Å²) in [6, 6.07) is 15.9. The Labute approximate surface area is 171 Å². The van der Waals surface area contributed by atoms with E-state index in [4.69, 9.17) is 0 Å². The first-order chi connectivity index (χ1) is 14.6. The van der Waals surface area contributed by atoms with E-state index in [-0.39, 0.29) is 24.6 Å². The first-order valence-electron chi connectivity index (χ1n) is 9.21. The second-order valence-electron chi connectivity index (χ2n) is 6.52. The minimum atomic E-state index is -0.460. The molecule has 0 atom stereocenters. The summed E-state index contributed by atoms with van der Waals surface area (Å²) in [5, 5.41) is 9.78. The predicted molar refractivity (Wildman–Crippen MR) is 111 cm³/mol. The van der Waals surface area contributed by atoms with Crippen LogP contribution >= 0.6 is 0 Å². The van der Waals surface area contributed by atoms with Crippen molar-refractivity contribution in [1.82, 2.24) is 24.6 Å². The molecular formula is C21H18N6O3. The summed E-state index contributed by atoms with van der Waals surface area (Å²) in [5.41, 5.74) is 1.72. The molecule has 30 heavy (non-hydrogen) atoms. The summed E-state index contributed by atoms with van der Waals surface area (Å²) in [6.45, 7) is -0.433. The maximum atomic E-state index is 12.4. The summed E-state index contributed by atoms with van der Waals surface area (Å²) in [7, 11) is 0. The van der Waals surface area contributed by atoms with Crippen molar-refractivity contribution in [2.75, 3.05) is 11.9 Å². The molecule has 0 aliphatic rings. The minimum Gasteiger partial charge on any atom is -0.345 e. The van der Waals surface area contributed by atoms with Gasteiger partial charge in [0.25, 0.3) is 5.56 Å². The van der Waals surface area contributed by atoms with Gasteiger partial charge in [-0.15, -0.1) is 0 Å². The molecule has 150 valence electrons. The molecule has 0 saturated heterocycles. The lowest BCUT2D eigenvalue weighted by molar-refractivity contribution is -0.124. The van der Waals surface area contributed by atoms with Crippen LogP contribution in [0, 0.1) is 0 Å². The van der Waals surface area contributed by atoms with Gasteiger partial charge in [0.15, 0.2) is 0 Å². The third-order valence-electron chi connectivity index (χ3n) is 4.41. The van der Waals surface area contributed by atoms with Crippen LogP contribution in [-0.4, -0.2) is 37.7 Å². The molecule has 0 spiro atoms. The van der Waals surface area contributed by atoms with Crippen LogP contribution in [0.15, 0.2) is 78.1 Å². The lowest BCUT2D eigenvalue weighted by Crippen LogP contribution is -2.37. The van der Waals surface area contributed by atoms with Crippen molar-refractivity contribution in [3.63, 3.8) is 0 Å². The first kappa shape index (κ1) is 19.1. The molecule has 4 aromatic rings. The maximum absolute atomic E-state index is 12.4. The molecule has 9 heteroatoms. The van der Waals surface area contributed by atoms with E-state index in [0.717, 1.165) is 5.69 Å². The van der Waals surface area contributed by atoms with Crippen LogP contribution < -0.4 is 16.2 Å². The number of hydrogen-bond acceptors (Lipinski definition) is 5. The average molecular weight is 402 g/mol. The molecule has 2 aromatic heterocycles. The molecule has 0 bridgehead atoms. The van der Waals surface area contributed by atoms with E-state index in [0.29, 0.717) is 16.6 Å². The summed E-state index contributed by atoms with van der Waals surface area (Å²) >= 11 is 0. The summed E-state index contributed by atoms with van der Waals surface area (Å²) in [6.07, 6.45) is 4.82. The number of hydrogen-bond donors (Lipinski definition) is 2. The van der Waals surface area contributed by atoms with Gasteiger partial charge in [-0.3, -0.25) is 19.0 Å². The highest BCUT2D eigenvalue weighted by Crippen LogP contribution is 2.12. The third-order valence-corrected chi connectivity index (χ3v) is 4.41. The molecule has 2 aromatic carbocycles. The molecule has 9 nitrogen and oxygen atoms in total. The number of carbonyl (C=O) groups excluding carboxylic acids is 2. The molecular weight excluding hydrogens is 384 g/mol. The highest BCUT2D eigenvalue weighted by Gasteiger charge is 2.10. The molecule has 2 amide bonds. The Morgan fingerprint density at radius 1 is 0.967 bits per heavy atom. The molecule has 0 saturated carbocycles. The van der Waals surface area contributed by atoms with Gasteiger partial charge in [0.2, 0.25) is 11.8 Å². The number of benzene rings is 2. The minimum absolute atomic E-state index is 0.213. The Balaban J connectivity index is 1.31. The van der Waals surface area contributed by atoms with Crippen LogP contribution in [0.1, 0.15) is 0 Å². The lowest BCUT2D eigenvalue weighted by Gasteiger charge is -2.09. The molecule has 0 fully saturated rings. The Morgan fingerprint density at radius 3 is 2.53 bits per heavy atom. The molecule has 0 radical (unpaired) electrons.